The third-order valence-corrected chi connectivity index (χ3v) is 4.94. The molecule has 1 aliphatic rings. The molecule has 0 fully saturated rings. The van der Waals surface area contributed by atoms with Gasteiger partial charge in [-0.25, -0.2) is 0 Å². The van der Waals surface area contributed by atoms with Crippen molar-refractivity contribution in [2.45, 2.75) is 18.8 Å². The zero-order chi connectivity index (χ0) is 20.8. The molecule has 0 heterocycles. The molecule has 0 aromatic heterocycles. The lowest BCUT2D eigenvalue weighted by molar-refractivity contribution is -0.143. The molecule has 148 valence electrons. The standard InChI is InChI=1S/C23H14F6/c24-22(25,26)18-10-17(11-19(13-18)23(27,28)29)20-8-4-7-15-9-16(12-21(15)20)14-5-2-1-3-6-14/h1-8,10-13H,9H2. The minimum Gasteiger partial charge on any atom is -0.166 e. The molecule has 0 unspecified atom stereocenters. The van der Waals surface area contributed by atoms with Crippen molar-refractivity contribution < 1.29 is 26.3 Å². The second-order valence-corrected chi connectivity index (χ2v) is 6.89. The van der Waals surface area contributed by atoms with Gasteiger partial charge in [0.25, 0.3) is 0 Å². The van der Waals surface area contributed by atoms with Gasteiger partial charge in [-0.3, -0.25) is 0 Å². The first kappa shape index (κ1) is 19.3. The topological polar surface area (TPSA) is 0 Å². The number of fused-ring (bicyclic) bond motifs is 1. The van der Waals surface area contributed by atoms with Crippen molar-refractivity contribution in [2.24, 2.45) is 0 Å². The number of allylic oxidation sites excluding steroid dienone is 1. The Morgan fingerprint density at radius 1 is 0.621 bits per heavy atom. The molecule has 0 saturated heterocycles. The van der Waals surface area contributed by atoms with Crippen LogP contribution in [0, 0.1) is 0 Å². The largest absolute Gasteiger partial charge is 0.416 e. The fourth-order valence-electron chi connectivity index (χ4n) is 3.57. The van der Waals surface area contributed by atoms with Crippen molar-refractivity contribution >= 4 is 11.6 Å². The van der Waals surface area contributed by atoms with Crippen LogP contribution < -0.4 is 0 Å². The molecule has 0 nitrogen and oxygen atoms in total. The van der Waals surface area contributed by atoms with Crippen LogP contribution >= 0.6 is 0 Å². The maximum Gasteiger partial charge on any atom is 0.416 e. The van der Waals surface area contributed by atoms with Gasteiger partial charge in [-0.1, -0.05) is 48.5 Å². The van der Waals surface area contributed by atoms with Gasteiger partial charge in [0, 0.05) is 0 Å². The Bertz CT molecular complexity index is 1060. The number of hydrogen-bond acceptors (Lipinski definition) is 0. The Labute approximate surface area is 163 Å². The van der Waals surface area contributed by atoms with Crippen molar-refractivity contribution in [1.29, 1.82) is 0 Å². The number of rotatable bonds is 2. The summed E-state index contributed by atoms with van der Waals surface area (Å²) in [5.74, 6) is 0. The molecule has 0 atom stereocenters. The third kappa shape index (κ3) is 3.79. The molecule has 0 saturated carbocycles. The smallest absolute Gasteiger partial charge is 0.166 e. The van der Waals surface area contributed by atoms with Crippen LogP contribution in [0.2, 0.25) is 0 Å². The van der Waals surface area contributed by atoms with Crippen molar-refractivity contribution in [1.82, 2.24) is 0 Å². The van der Waals surface area contributed by atoms with Crippen molar-refractivity contribution in [3.63, 3.8) is 0 Å². The molecular formula is C23H14F6. The van der Waals surface area contributed by atoms with E-state index in [0.29, 0.717) is 17.5 Å². The van der Waals surface area contributed by atoms with Gasteiger partial charge in [-0.2, -0.15) is 26.3 Å². The monoisotopic (exact) mass is 404 g/mol. The van der Waals surface area contributed by atoms with Crippen LogP contribution in [0.4, 0.5) is 26.3 Å². The van der Waals surface area contributed by atoms with E-state index in [9.17, 15) is 26.3 Å². The molecular weight excluding hydrogens is 390 g/mol. The van der Waals surface area contributed by atoms with Gasteiger partial charge < -0.3 is 0 Å². The summed E-state index contributed by atoms with van der Waals surface area (Å²) in [4.78, 5) is 0. The maximum absolute atomic E-state index is 13.2. The van der Waals surface area contributed by atoms with Crippen LogP contribution in [-0.4, -0.2) is 0 Å². The normalized spacial score (nSPS) is 13.9. The summed E-state index contributed by atoms with van der Waals surface area (Å²) >= 11 is 0. The van der Waals surface area contributed by atoms with Crippen LogP contribution in [-0.2, 0) is 18.8 Å². The lowest BCUT2D eigenvalue weighted by atomic mass is 9.94. The molecule has 0 radical (unpaired) electrons. The van der Waals surface area contributed by atoms with E-state index in [0.717, 1.165) is 28.8 Å². The first-order valence-electron chi connectivity index (χ1n) is 8.81. The fraction of sp³-hybridized carbons (Fsp3) is 0.130. The Morgan fingerprint density at radius 3 is 1.83 bits per heavy atom. The van der Waals surface area contributed by atoms with E-state index in [1.165, 1.54) is 0 Å². The molecule has 6 heteroatoms. The highest BCUT2D eigenvalue weighted by atomic mass is 19.4. The zero-order valence-electron chi connectivity index (χ0n) is 14.9. The first-order valence-corrected chi connectivity index (χ1v) is 8.81. The highest BCUT2D eigenvalue weighted by molar-refractivity contribution is 5.94. The fourth-order valence-corrected chi connectivity index (χ4v) is 3.57. The van der Waals surface area contributed by atoms with E-state index in [1.807, 2.05) is 42.5 Å². The molecule has 0 N–H and O–H groups in total. The second kappa shape index (κ2) is 6.79. The van der Waals surface area contributed by atoms with Gasteiger partial charge in [0.1, 0.15) is 0 Å². The molecule has 3 aromatic carbocycles. The summed E-state index contributed by atoms with van der Waals surface area (Å²) in [5.41, 5.74) is 1.08. The number of halogens is 6. The Kier molecular flexibility index (Phi) is 4.52. The van der Waals surface area contributed by atoms with E-state index >= 15 is 0 Å². The highest BCUT2D eigenvalue weighted by Gasteiger charge is 2.37. The van der Waals surface area contributed by atoms with Gasteiger partial charge in [0.05, 0.1) is 11.1 Å². The summed E-state index contributed by atoms with van der Waals surface area (Å²) in [6, 6.07) is 16.2. The van der Waals surface area contributed by atoms with Crippen LogP contribution in [0.5, 0.6) is 0 Å². The molecule has 0 bridgehead atoms. The number of benzene rings is 3. The maximum atomic E-state index is 13.2. The Morgan fingerprint density at radius 2 is 1.24 bits per heavy atom. The Hall–Kier alpha value is -3.02. The predicted molar refractivity (Wildman–Crippen MR) is 99.9 cm³/mol. The summed E-state index contributed by atoms with van der Waals surface area (Å²) < 4.78 is 79.4. The quantitative estimate of drug-likeness (QED) is 0.388. The summed E-state index contributed by atoms with van der Waals surface area (Å²) in [5, 5.41) is 0. The minimum absolute atomic E-state index is 0.102. The molecule has 29 heavy (non-hydrogen) atoms. The van der Waals surface area contributed by atoms with Gasteiger partial charge in [0.15, 0.2) is 0 Å². The van der Waals surface area contributed by atoms with E-state index in [4.69, 9.17) is 0 Å². The molecule has 4 rings (SSSR count). The van der Waals surface area contributed by atoms with E-state index < -0.39 is 23.5 Å². The molecule has 3 aromatic rings. The van der Waals surface area contributed by atoms with Crippen LogP contribution in [0.15, 0.2) is 66.7 Å². The van der Waals surface area contributed by atoms with Gasteiger partial charge in [0.2, 0.25) is 0 Å². The summed E-state index contributed by atoms with van der Waals surface area (Å²) in [7, 11) is 0. The highest BCUT2D eigenvalue weighted by Crippen LogP contribution is 2.42. The third-order valence-electron chi connectivity index (χ3n) is 4.94. The van der Waals surface area contributed by atoms with Gasteiger partial charge in [-0.15, -0.1) is 0 Å². The van der Waals surface area contributed by atoms with E-state index in [1.54, 1.807) is 12.1 Å². The van der Waals surface area contributed by atoms with Crippen LogP contribution in [0.3, 0.4) is 0 Å². The minimum atomic E-state index is -4.88. The summed E-state index contributed by atoms with van der Waals surface area (Å²) in [6.45, 7) is 0. The van der Waals surface area contributed by atoms with Crippen LogP contribution in [0.1, 0.15) is 27.8 Å². The first-order chi connectivity index (χ1) is 13.6. The average Bonchev–Trinajstić information content (AvgIpc) is 3.11. The second-order valence-electron chi connectivity index (χ2n) is 6.89. The Balaban J connectivity index is 1.88. The molecule has 0 amide bonds. The molecule has 0 spiro atoms. The van der Waals surface area contributed by atoms with Crippen molar-refractivity contribution in [3.8, 4) is 11.1 Å². The SMILES string of the molecule is FC(F)(F)c1cc(-c2cccc3c2C=C(c2ccccc2)C3)cc(C(F)(F)F)c1. The lowest BCUT2D eigenvalue weighted by Crippen LogP contribution is -2.11. The predicted octanol–water partition coefficient (Wildman–Crippen LogP) is 7.49. The van der Waals surface area contributed by atoms with Crippen molar-refractivity contribution in [3.05, 3.63) is 94.5 Å². The number of alkyl halides is 6. The van der Waals surface area contributed by atoms with Crippen molar-refractivity contribution in [2.75, 3.05) is 0 Å². The molecule has 0 aliphatic heterocycles. The van der Waals surface area contributed by atoms with Crippen LogP contribution in [0.25, 0.3) is 22.8 Å². The number of hydrogen-bond donors (Lipinski definition) is 0. The van der Waals surface area contributed by atoms with E-state index in [-0.39, 0.29) is 11.6 Å². The average molecular weight is 404 g/mol. The molecule has 1 aliphatic carbocycles. The van der Waals surface area contributed by atoms with Gasteiger partial charge in [-0.05, 0) is 64.1 Å². The summed E-state index contributed by atoms with van der Waals surface area (Å²) in [6.07, 6.45) is -7.34. The zero-order valence-corrected chi connectivity index (χ0v) is 14.9. The van der Waals surface area contributed by atoms with Gasteiger partial charge >= 0.3 is 12.4 Å². The lowest BCUT2D eigenvalue weighted by Gasteiger charge is -2.15. The van der Waals surface area contributed by atoms with E-state index in [2.05, 4.69) is 0 Å².